The van der Waals surface area contributed by atoms with E-state index in [9.17, 15) is 9.90 Å². The number of carbonyl (C=O) groups is 1. The molecule has 0 bridgehead atoms. The first kappa shape index (κ1) is 20.3. The zero-order valence-corrected chi connectivity index (χ0v) is 18.9. The molecule has 0 spiro atoms. The van der Waals surface area contributed by atoms with Crippen LogP contribution in [0.15, 0.2) is 66.7 Å². The monoisotopic (exact) mass is 418 g/mol. The molecule has 0 radical (unpaired) electrons. The number of hydrogen-bond acceptors (Lipinski definition) is 1. The molecule has 1 N–H and O–H groups in total. The summed E-state index contributed by atoms with van der Waals surface area (Å²) in [6, 6.07) is 22.5. The Morgan fingerprint density at radius 1 is 0.625 bits per heavy atom. The van der Waals surface area contributed by atoms with Gasteiger partial charge in [-0.15, -0.1) is 0 Å². The van der Waals surface area contributed by atoms with Crippen LogP contribution in [0.1, 0.15) is 43.7 Å². The lowest BCUT2D eigenvalue weighted by atomic mass is 9.80. The third kappa shape index (κ3) is 2.90. The van der Waals surface area contributed by atoms with E-state index in [0.717, 1.165) is 28.7 Å². The molecule has 0 heterocycles. The molecule has 0 atom stereocenters. The summed E-state index contributed by atoms with van der Waals surface area (Å²) in [6.07, 6.45) is 0.896. The van der Waals surface area contributed by atoms with E-state index < -0.39 is 5.97 Å². The van der Waals surface area contributed by atoms with Crippen LogP contribution < -0.4 is 0 Å². The second-order valence-electron chi connectivity index (χ2n) is 8.77. The SMILES string of the molecule is Cc1c(C)c(C)c(-c2cccc3c2Cc2ccccc2-3)c(-c2ccccc2C(=O)O)c1C. The van der Waals surface area contributed by atoms with Crippen molar-refractivity contribution in [3.8, 4) is 33.4 Å². The minimum atomic E-state index is -0.896. The van der Waals surface area contributed by atoms with Gasteiger partial charge in [0.05, 0.1) is 5.56 Å². The lowest BCUT2D eigenvalue weighted by molar-refractivity contribution is 0.0697. The van der Waals surface area contributed by atoms with E-state index in [-0.39, 0.29) is 0 Å². The van der Waals surface area contributed by atoms with Gasteiger partial charge in [-0.2, -0.15) is 0 Å². The van der Waals surface area contributed by atoms with Gasteiger partial charge in [-0.1, -0.05) is 60.7 Å². The van der Waals surface area contributed by atoms with Crippen LogP contribution in [0.25, 0.3) is 33.4 Å². The molecule has 0 unspecified atom stereocenters. The average Bonchev–Trinajstić information content (AvgIpc) is 3.19. The van der Waals surface area contributed by atoms with Crippen LogP contribution in [0.3, 0.4) is 0 Å². The van der Waals surface area contributed by atoms with Gasteiger partial charge >= 0.3 is 5.97 Å². The van der Waals surface area contributed by atoms with Gasteiger partial charge in [0, 0.05) is 0 Å². The van der Waals surface area contributed by atoms with Crippen LogP contribution in [0.2, 0.25) is 0 Å². The van der Waals surface area contributed by atoms with Crippen molar-refractivity contribution in [2.75, 3.05) is 0 Å². The Morgan fingerprint density at radius 3 is 1.84 bits per heavy atom. The standard InChI is InChI=1S/C30H26O2/c1-17-18(2)20(4)29(28(19(17)3)24-12-7-8-13-26(24)30(31)32)25-15-9-14-23-22-11-6-5-10-21(22)16-27(23)25/h5-15H,16H2,1-4H3,(H,31,32). The maximum Gasteiger partial charge on any atom is 0.336 e. The number of aromatic carboxylic acids is 1. The second kappa shape index (κ2) is 7.49. The fraction of sp³-hybridized carbons (Fsp3) is 0.167. The zero-order chi connectivity index (χ0) is 22.6. The van der Waals surface area contributed by atoms with Gasteiger partial charge in [0.25, 0.3) is 0 Å². The molecule has 2 heteroatoms. The molecule has 4 aromatic rings. The van der Waals surface area contributed by atoms with Gasteiger partial charge in [-0.05, 0) is 107 Å². The van der Waals surface area contributed by atoms with Crippen LogP contribution in [-0.2, 0) is 6.42 Å². The second-order valence-corrected chi connectivity index (χ2v) is 8.77. The van der Waals surface area contributed by atoms with Crippen molar-refractivity contribution >= 4 is 5.97 Å². The lowest BCUT2D eigenvalue weighted by Crippen LogP contribution is -2.05. The molecule has 32 heavy (non-hydrogen) atoms. The van der Waals surface area contributed by atoms with Gasteiger partial charge in [0.2, 0.25) is 0 Å². The minimum absolute atomic E-state index is 0.343. The quantitative estimate of drug-likeness (QED) is 0.329. The summed E-state index contributed by atoms with van der Waals surface area (Å²) in [5.41, 5.74) is 14.6. The maximum atomic E-state index is 12.1. The summed E-state index contributed by atoms with van der Waals surface area (Å²) < 4.78 is 0. The van der Waals surface area contributed by atoms with E-state index in [1.165, 1.54) is 44.5 Å². The molecule has 0 saturated carbocycles. The number of fused-ring (bicyclic) bond motifs is 3. The Bertz CT molecular complexity index is 1410. The molecule has 2 nitrogen and oxygen atoms in total. The van der Waals surface area contributed by atoms with Crippen LogP contribution in [0, 0.1) is 27.7 Å². The lowest BCUT2D eigenvalue weighted by Gasteiger charge is -2.24. The molecular weight excluding hydrogens is 392 g/mol. The first-order valence-corrected chi connectivity index (χ1v) is 11.0. The van der Waals surface area contributed by atoms with Crippen LogP contribution in [-0.4, -0.2) is 11.1 Å². The molecule has 0 aromatic heterocycles. The summed E-state index contributed by atoms with van der Waals surface area (Å²) in [4.78, 5) is 12.1. The number of benzene rings is 4. The van der Waals surface area contributed by atoms with E-state index in [1.54, 1.807) is 12.1 Å². The van der Waals surface area contributed by atoms with Crippen molar-refractivity contribution in [1.29, 1.82) is 0 Å². The third-order valence-corrected chi connectivity index (χ3v) is 7.23. The first-order chi connectivity index (χ1) is 15.4. The van der Waals surface area contributed by atoms with Crippen molar-refractivity contribution in [3.05, 3.63) is 106 Å². The fourth-order valence-corrected chi connectivity index (χ4v) is 5.26. The molecule has 0 amide bonds. The predicted octanol–water partition coefficient (Wildman–Crippen LogP) is 7.52. The van der Waals surface area contributed by atoms with E-state index in [1.807, 2.05) is 12.1 Å². The molecule has 158 valence electrons. The highest BCUT2D eigenvalue weighted by Gasteiger charge is 2.26. The minimum Gasteiger partial charge on any atom is -0.478 e. The zero-order valence-electron chi connectivity index (χ0n) is 18.9. The van der Waals surface area contributed by atoms with Crippen LogP contribution >= 0.6 is 0 Å². The Labute approximate surface area is 189 Å². The van der Waals surface area contributed by atoms with E-state index >= 15 is 0 Å². The molecular formula is C30H26O2. The molecule has 0 aliphatic heterocycles. The average molecular weight is 419 g/mol. The number of hydrogen-bond donors (Lipinski definition) is 1. The molecule has 4 aromatic carbocycles. The van der Waals surface area contributed by atoms with Crippen molar-refractivity contribution in [1.82, 2.24) is 0 Å². The topological polar surface area (TPSA) is 37.3 Å². The van der Waals surface area contributed by atoms with Gasteiger partial charge < -0.3 is 5.11 Å². The number of carboxylic acid groups (broad SMARTS) is 1. The summed E-state index contributed by atoms with van der Waals surface area (Å²) in [6.45, 7) is 8.61. The molecule has 5 rings (SSSR count). The van der Waals surface area contributed by atoms with E-state index in [2.05, 4.69) is 70.2 Å². The maximum absolute atomic E-state index is 12.1. The summed E-state index contributed by atoms with van der Waals surface area (Å²) in [5, 5.41) is 9.95. The normalized spacial score (nSPS) is 11.9. The molecule has 0 fully saturated rings. The largest absolute Gasteiger partial charge is 0.478 e. The Hall–Kier alpha value is -3.65. The summed E-state index contributed by atoms with van der Waals surface area (Å²) >= 11 is 0. The van der Waals surface area contributed by atoms with Crippen LogP contribution in [0.5, 0.6) is 0 Å². The Morgan fingerprint density at radius 2 is 1.16 bits per heavy atom. The van der Waals surface area contributed by atoms with Crippen LogP contribution in [0.4, 0.5) is 0 Å². The smallest absolute Gasteiger partial charge is 0.336 e. The van der Waals surface area contributed by atoms with Gasteiger partial charge in [-0.3, -0.25) is 0 Å². The van der Waals surface area contributed by atoms with Gasteiger partial charge in [0.1, 0.15) is 0 Å². The van der Waals surface area contributed by atoms with Crippen molar-refractivity contribution in [2.45, 2.75) is 34.1 Å². The molecule has 1 aliphatic rings. The highest BCUT2D eigenvalue weighted by atomic mass is 16.4. The first-order valence-electron chi connectivity index (χ1n) is 11.0. The Balaban J connectivity index is 1.88. The van der Waals surface area contributed by atoms with E-state index in [0.29, 0.717) is 5.56 Å². The number of rotatable bonds is 3. The Kier molecular flexibility index (Phi) is 4.74. The van der Waals surface area contributed by atoms with Gasteiger partial charge in [0.15, 0.2) is 0 Å². The highest BCUT2D eigenvalue weighted by molar-refractivity contribution is 6.02. The summed E-state index contributed by atoms with van der Waals surface area (Å²) in [5.74, 6) is -0.896. The van der Waals surface area contributed by atoms with E-state index in [4.69, 9.17) is 0 Å². The number of carboxylic acids is 1. The van der Waals surface area contributed by atoms with Crippen molar-refractivity contribution in [2.24, 2.45) is 0 Å². The third-order valence-electron chi connectivity index (χ3n) is 7.23. The predicted molar refractivity (Wildman–Crippen MR) is 131 cm³/mol. The highest BCUT2D eigenvalue weighted by Crippen LogP contribution is 2.47. The van der Waals surface area contributed by atoms with Crippen molar-refractivity contribution < 1.29 is 9.90 Å². The van der Waals surface area contributed by atoms with Crippen molar-refractivity contribution in [3.63, 3.8) is 0 Å². The fourth-order valence-electron chi connectivity index (χ4n) is 5.26. The molecule has 1 aliphatic carbocycles. The molecule has 0 saturated heterocycles. The van der Waals surface area contributed by atoms with Gasteiger partial charge in [-0.25, -0.2) is 4.79 Å². The summed E-state index contributed by atoms with van der Waals surface area (Å²) in [7, 11) is 0.